The summed E-state index contributed by atoms with van der Waals surface area (Å²) < 4.78 is 8.21. The minimum absolute atomic E-state index is 0.0935. The highest BCUT2D eigenvalue weighted by Gasteiger charge is 2.25. The maximum absolute atomic E-state index is 13.4. The van der Waals surface area contributed by atoms with E-state index in [9.17, 15) is 4.79 Å². The van der Waals surface area contributed by atoms with Crippen molar-refractivity contribution in [2.75, 3.05) is 13.1 Å². The van der Waals surface area contributed by atoms with Crippen LogP contribution in [-0.4, -0.2) is 45.7 Å². The van der Waals surface area contributed by atoms with Gasteiger partial charge in [0.05, 0.1) is 21.3 Å². The van der Waals surface area contributed by atoms with Gasteiger partial charge in [0.1, 0.15) is 11.4 Å². The largest absolute Gasteiger partial charge is 0.355 e. The van der Waals surface area contributed by atoms with Gasteiger partial charge in [-0.25, -0.2) is 0 Å². The minimum atomic E-state index is -0.0935. The SMILES string of the molecule is CC(C)N1CCC(NC(=O)c2cc3c(Cl)cccc3n2Cc2cc(-c3ccc(Cl)s3)on2)CC1. The predicted octanol–water partition coefficient (Wildman–Crippen LogP) is 6.32. The Bertz CT molecular complexity index is 1320. The van der Waals surface area contributed by atoms with Gasteiger partial charge in [-0.15, -0.1) is 11.3 Å². The van der Waals surface area contributed by atoms with Crippen LogP contribution in [0.3, 0.4) is 0 Å². The van der Waals surface area contributed by atoms with Crippen molar-refractivity contribution in [1.29, 1.82) is 0 Å². The number of halogens is 2. The van der Waals surface area contributed by atoms with Crippen LogP contribution in [0.4, 0.5) is 0 Å². The Hall–Kier alpha value is -2.32. The third-order valence-electron chi connectivity index (χ3n) is 6.42. The molecule has 1 aliphatic heterocycles. The lowest BCUT2D eigenvalue weighted by molar-refractivity contribution is 0.0892. The topological polar surface area (TPSA) is 63.3 Å². The molecule has 1 fully saturated rings. The van der Waals surface area contributed by atoms with Crippen LogP contribution in [0.15, 0.2) is 47.0 Å². The van der Waals surface area contributed by atoms with Crippen LogP contribution in [0.5, 0.6) is 0 Å². The van der Waals surface area contributed by atoms with E-state index in [0.717, 1.165) is 47.4 Å². The Morgan fingerprint density at radius 2 is 2.00 bits per heavy atom. The van der Waals surface area contributed by atoms with Gasteiger partial charge in [-0.2, -0.15) is 0 Å². The molecule has 9 heteroatoms. The summed E-state index contributed by atoms with van der Waals surface area (Å²) in [6.07, 6.45) is 1.89. The Labute approximate surface area is 212 Å². The molecule has 1 saturated heterocycles. The first-order valence-corrected chi connectivity index (χ1v) is 13.0. The molecule has 1 aliphatic rings. The first kappa shape index (κ1) is 23.4. The van der Waals surface area contributed by atoms with E-state index in [1.165, 1.54) is 11.3 Å². The van der Waals surface area contributed by atoms with Crippen molar-refractivity contribution in [3.63, 3.8) is 0 Å². The van der Waals surface area contributed by atoms with E-state index in [2.05, 4.69) is 29.2 Å². The van der Waals surface area contributed by atoms with Gasteiger partial charge < -0.3 is 19.3 Å². The van der Waals surface area contributed by atoms with E-state index in [0.29, 0.717) is 33.4 Å². The van der Waals surface area contributed by atoms with Crippen LogP contribution >= 0.6 is 34.5 Å². The van der Waals surface area contributed by atoms with Gasteiger partial charge in [-0.3, -0.25) is 4.79 Å². The predicted molar refractivity (Wildman–Crippen MR) is 138 cm³/mol. The number of carbonyl (C=O) groups excluding carboxylic acids is 1. The number of hydrogen-bond donors (Lipinski definition) is 1. The fourth-order valence-electron chi connectivity index (χ4n) is 4.54. The fraction of sp³-hybridized carbons (Fsp3) is 0.360. The van der Waals surface area contributed by atoms with Crippen molar-refractivity contribution in [1.82, 2.24) is 19.9 Å². The van der Waals surface area contributed by atoms with Crippen molar-refractivity contribution in [2.45, 2.75) is 45.3 Å². The molecule has 0 spiro atoms. The van der Waals surface area contributed by atoms with Crippen LogP contribution in [0, 0.1) is 0 Å². The number of likely N-dealkylation sites (tertiary alicyclic amines) is 1. The number of fused-ring (bicyclic) bond motifs is 1. The first-order chi connectivity index (χ1) is 16.4. The van der Waals surface area contributed by atoms with E-state index in [1.54, 1.807) is 0 Å². The maximum Gasteiger partial charge on any atom is 0.268 e. The Morgan fingerprint density at radius 1 is 1.21 bits per heavy atom. The molecule has 1 N–H and O–H groups in total. The second kappa shape index (κ2) is 9.74. The molecular weight excluding hydrogens is 491 g/mol. The summed E-state index contributed by atoms with van der Waals surface area (Å²) in [5, 5.41) is 8.95. The van der Waals surface area contributed by atoms with Gasteiger partial charge in [0.2, 0.25) is 0 Å². The van der Waals surface area contributed by atoms with E-state index in [-0.39, 0.29) is 11.9 Å². The highest BCUT2D eigenvalue weighted by Crippen LogP contribution is 2.32. The molecule has 0 aliphatic carbocycles. The number of amides is 1. The maximum atomic E-state index is 13.4. The van der Waals surface area contributed by atoms with Gasteiger partial charge in [0, 0.05) is 41.6 Å². The lowest BCUT2D eigenvalue weighted by Crippen LogP contribution is -2.46. The molecule has 6 nitrogen and oxygen atoms in total. The molecule has 34 heavy (non-hydrogen) atoms. The molecule has 178 valence electrons. The number of piperidine rings is 1. The Kier molecular flexibility index (Phi) is 6.71. The highest BCUT2D eigenvalue weighted by atomic mass is 35.5. The highest BCUT2D eigenvalue weighted by molar-refractivity contribution is 7.19. The van der Waals surface area contributed by atoms with Crippen LogP contribution in [0.2, 0.25) is 9.36 Å². The number of benzene rings is 1. The number of thiophene rings is 1. The summed E-state index contributed by atoms with van der Waals surface area (Å²) in [7, 11) is 0. The van der Waals surface area contributed by atoms with Crippen molar-refractivity contribution in [2.24, 2.45) is 0 Å². The second-order valence-corrected chi connectivity index (χ2v) is 11.1. The van der Waals surface area contributed by atoms with E-state index < -0.39 is 0 Å². The molecule has 1 amide bonds. The fourth-order valence-corrected chi connectivity index (χ4v) is 5.75. The molecule has 1 aromatic carbocycles. The minimum Gasteiger partial charge on any atom is -0.355 e. The quantitative estimate of drug-likeness (QED) is 0.325. The normalized spacial score (nSPS) is 15.4. The molecule has 5 rings (SSSR count). The lowest BCUT2D eigenvalue weighted by Gasteiger charge is -2.34. The average molecular weight is 517 g/mol. The van der Waals surface area contributed by atoms with E-state index in [1.807, 2.05) is 47.0 Å². The standard InChI is InChI=1S/C25H26Cl2N4O2S/c1-15(2)30-10-8-16(9-11-30)28-25(32)21-13-18-19(26)4-3-5-20(18)31(21)14-17-12-22(33-29-17)23-6-7-24(27)34-23/h3-7,12-13,15-16H,8-11,14H2,1-2H3,(H,28,32). The molecule has 0 bridgehead atoms. The van der Waals surface area contributed by atoms with Crippen molar-refractivity contribution in [3.05, 3.63) is 63.2 Å². The number of carbonyl (C=O) groups is 1. The number of nitrogens with one attached hydrogen (secondary N) is 1. The van der Waals surface area contributed by atoms with Crippen molar-refractivity contribution in [3.8, 4) is 10.6 Å². The third-order valence-corrected chi connectivity index (χ3v) is 7.99. The number of nitrogens with zero attached hydrogens (tertiary/aromatic N) is 3. The van der Waals surface area contributed by atoms with Crippen LogP contribution in [0.25, 0.3) is 21.5 Å². The van der Waals surface area contributed by atoms with Gasteiger partial charge in [0.15, 0.2) is 5.76 Å². The Balaban J connectivity index is 1.41. The van der Waals surface area contributed by atoms with Crippen LogP contribution < -0.4 is 5.32 Å². The van der Waals surface area contributed by atoms with Crippen LogP contribution in [-0.2, 0) is 6.54 Å². The zero-order valence-electron chi connectivity index (χ0n) is 19.1. The van der Waals surface area contributed by atoms with Crippen molar-refractivity contribution < 1.29 is 9.32 Å². The molecule has 3 aromatic heterocycles. The van der Waals surface area contributed by atoms with Crippen molar-refractivity contribution >= 4 is 51.3 Å². The number of aromatic nitrogens is 2. The summed E-state index contributed by atoms with van der Waals surface area (Å²) >= 11 is 14.0. The van der Waals surface area contributed by atoms with E-state index in [4.69, 9.17) is 27.7 Å². The summed E-state index contributed by atoms with van der Waals surface area (Å²) in [6.45, 7) is 6.80. The zero-order valence-corrected chi connectivity index (χ0v) is 21.4. The molecular formula is C25H26Cl2N4O2S. The summed E-state index contributed by atoms with van der Waals surface area (Å²) in [4.78, 5) is 16.8. The number of hydrogen-bond acceptors (Lipinski definition) is 5. The third kappa shape index (κ3) is 4.75. The molecule has 4 aromatic rings. The summed E-state index contributed by atoms with van der Waals surface area (Å²) in [5.41, 5.74) is 2.17. The molecule has 0 radical (unpaired) electrons. The van der Waals surface area contributed by atoms with Gasteiger partial charge in [-0.1, -0.05) is 34.4 Å². The zero-order chi connectivity index (χ0) is 23.8. The first-order valence-electron chi connectivity index (χ1n) is 11.4. The van der Waals surface area contributed by atoms with Crippen LogP contribution in [0.1, 0.15) is 42.9 Å². The smallest absolute Gasteiger partial charge is 0.268 e. The summed E-state index contributed by atoms with van der Waals surface area (Å²) in [5.74, 6) is 0.563. The summed E-state index contributed by atoms with van der Waals surface area (Å²) in [6, 6.07) is 13.9. The van der Waals surface area contributed by atoms with Gasteiger partial charge in [-0.05, 0) is 57.0 Å². The average Bonchev–Trinajstić information content (AvgIpc) is 3.54. The number of rotatable bonds is 6. The Morgan fingerprint density at radius 3 is 2.71 bits per heavy atom. The second-order valence-electron chi connectivity index (χ2n) is 8.95. The molecule has 0 unspecified atom stereocenters. The molecule has 4 heterocycles. The monoisotopic (exact) mass is 516 g/mol. The molecule has 0 atom stereocenters. The van der Waals surface area contributed by atoms with Gasteiger partial charge in [0.25, 0.3) is 5.91 Å². The lowest BCUT2D eigenvalue weighted by atomic mass is 10.0. The molecule has 0 saturated carbocycles. The van der Waals surface area contributed by atoms with E-state index >= 15 is 0 Å². The van der Waals surface area contributed by atoms with Gasteiger partial charge >= 0.3 is 0 Å².